The minimum absolute atomic E-state index is 0.106. The van der Waals surface area contributed by atoms with Crippen LogP contribution in [0, 0.1) is 0 Å². The highest BCUT2D eigenvalue weighted by molar-refractivity contribution is 6.34. The molecule has 3 aromatic rings. The van der Waals surface area contributed by atoms with Crippen molar-refractivity contribution in [3.63, 3.8) is 0 Å². The topological polar surface area (TPSA) is 77.0 Å². The standard InChI is InChI=1S/C28H27Cl2N5O2/c1-34-11-13-35(14-12-34)17-25(36)32-23-10-8-20(16-22(23)30)31-27(18-5-3-2-4-6-18)26-21-9-7-19(29)15-24(21)33-28(26)37/h2-10,15-16,26H,11-14,17H2,1H3,(H,32,36)(H,33,37). The van der Waals surface area contributed by atoms with Crippen LogP contribution in [0.4, 0.5) is 17.1 Å². The minimum Gasteiger partial charge on any atom is -0.325 e. The number of aliphatic imine (C=N–C) groups is 1. The fourth-order valence-electron chi connectivity index (χ4n) is 4.62. The number of carbonyl (C=O) groups is 2. The van der Waals surface area contributed by atoms with Crippen molar-refractivity contribution < 1.29 is 9.59 Å². The molecule has 0 aliphatic carbocycles. The molecule has 1 saturated heterocycles. The van der Waals surface area contributed by atoms with Gasteiger partial charge in [0.2, 0.25) is 11.8 Å². The molecule has 2 aliphatic rings. The number of nitrogens with one attached hydrogen (secondary N) is 2. The lowest BCUT2D eigenvalue weighted by Gasteiger charge is -2.31. The zero-order chi connectivity index (χ0) is 25.9. The first-order chi connectivity index (χ1) is 17.9. The maximum Gasteiger partial charge on any atom is 0.238 e. The van der Waals surface area contributed by atoms with E-state index in [0.717, 1.165) is 37.3 Å². The van der Waals surface area contributed by atoms with Gasteiger partial charge in [-0.3, -0.25) is 19.5 Å². The molecule has 2 amide bonds. The number of benzene rings is 3. The predicted octanol–water partition coefficient (Wildman–Crippen LogP) is 5.04. The number of rotatable bonds is 6. The summed E-state index contributed by atoms with van der Waals surface area (Å²) in [5.41, 5.74) is 4.03. The lowest BCUT2D eigenvalue weighted by atomic mass is 9.90. The van der Waals surface area contributed by atoms with Gasteiger partial charge in [-0.2, -0.15) is 0 Å². The van der Waals surface area contributed by atoms with Crippen LogP contribution in [0.5, 0.6) is 0 Å². The van der Waals surface area contributed by atoms with Crippen LogP contribution < -0.4 is 10.6 Å². The van der Waals surface area contributed by atoms with E-state index in [1.165, 1.54) is 0 Å². The Morgan fingerprint density at radius 1 is 1.03 bits per heavy atom. The monoisotopic (exact) mass is 535 g/mol. The highest BCUT2D eigenvalue weighted by Crippen LogP contribution is 2.38. The number of piperazine rings is 1. The summed E-state index contributed by atoms with van der Waals surface area (Å²) in [6.45, 7) is 3.93. The number of hydrogen-bond acceptors (Lipinski definition) is 5. The zero-order valence-electron chi connectivity index (χ0n) is 20.4. The van der Waals surface area contributed by atoms with Crippen molar-refractivity contribution in [2.24, 2.45) is 4.99 Å². The van der Waals surface area contributed by atoms with Gasteiger partial charge >= 0.3 is 0 Å². The molecular formula is C28H27Cl2N5O2. The molecule has 5 rings (SSSR count). The Kier molecular flexibility index (Phi) is 7.58. The van der Waals surface area contributed by atoms with E-state index in [4.69, 9.17) is 28.2 Å². The van der Waals surface area contributed by atoms with E-state index >= 15 is 0 Å². The third kappa shape index (κ3) is 5.86. The summed E-state index contributed by atoms with van der Waals surface area (Å²) in [5, 5.41) is 6.76. The lowest BCUT2D eigenvalue weighted by Crippen LogP contribution is -2.47. The highest BCUT2D eigenvalue weighted by atomic mass is 35.5. The zero-order valence-corrected chi connectivity index (χ0v) is 21.9. The average molecular weight is 536 g/mol. The van der Waals surface area contributed by atoms with E-state index in [1.807, 2.05) is 36.4 Å². The number of nitrogens with zero attached hydrogens (tertiary/aromatic N) is 3. The van der Waals surface area contributed by atoms with Crippen LogP contribution in [0.25, 0.3) is 0 Å². The number of likely N-dealkylation sites (N-methyl/N-ethyl adjacent to an activating group) is 1. The average Bonchev–Trinajstić information content (AvgIpc) is 3.20. The van der Waals surface area contributed by atoms with E-state index in [1.54, 1.807) is 30.3 Å². The maximum atomic E-state index is 13.1. The van der Waals surface area contributed by atoms with Gasteiger partial charge < -0.3 is 15.5 Å². The summed E-state index contributed by atoms with van der Waals surface area (Å²) < 4.78 is 0. The molecule has 2 aliphatic heterocycles. The van der Waals surface area contributed by atoms with Crippen molar-refractivity contribution in [1.82, 2.24) is 9.80 Å². The summed E-state index contributed by atoms with van der Waals surface area (Å²) >= 11 is 12.7. The SMILES string of the molecule is CN1CCN(CC(=O)Nc2ccc(N=C(c3ccccc3)C3C(=O)Nc4cc(Cl)ccc43)cc2Cl)CC1. The summed E-state index contributed by atoms with van der Waals surface area (Å²) in [6, 6.07) is 20.2. The molecule has 1 unspecified atom stereocenters. The number of halogens is 2. The van der Waals surface area contributed by atoms with Crippen LogP contribution >= 0.6 is 23.2 Å². The number of amides is 2. The lowest BCUT2D eigenvalue weighted by molar-refractivity contribution is -0.118. The highest BCUT2D eigenvalue weighted by Gasteiger charge is 2.35. The van der Waals surface area contributed by atoms with E-state index in [9.17, 15) is 9.59 Å². The smallest absolute Gasteiger partial charge is 0.238 e. The molecule has 2 heterocycles. The van der Waals surface area contributed by atoms with Crippen molar-refractivity contribution in [2.45, 2.75) is 5.92 Å². The third-order valence-corrected chi connectivity index (χ3v) is 7.18. The molecule has 9 heteroatoms. The molecular weight excluding hydrogens is 509 g/mol. The summed E-state index contributed by atoms with van der Waals surface area (Å²) in [4.78, 5) is 34.9. The molecule has 37 heavy (non-hydrogen) atoms. The van der Waals surface area contributed by atoms with Crippen LogP contribution in [-0.4, -0.2) is 67.1 Å². The van der Waals surface area contributed by atoms with Gasteiger partial charge in [-0.25, -0.2) is 0 Å². The van der Waals surface area contributed by atoms with Gasteiger partial charge in [0.1, 0.15) is 5.92 Å². The Hall–Kier alpha value is -3.23. The van der Waals surface area contributed by atoms with Crippen molar-refractivity contribution in [3.8, 4) is 0 Å². The normalized spacial score (nSPS) is 18.4. The minimum atomic E-state index is -0.601. The van der Waals surface area contributed by atoms with Crippen LogP contribution in [0.1, 0.15) is 17.0 Å². The number of fused-ring (bicyclic) bond motifs is 1. The largest absolute Gasteiger partial charge is 0.325 e. The Morgan fingerprint density at radius 3 is 2.51 bits per heavy atom. The Balaban J connectivity index is 1.40. The number of anilines is 2. The Bertz CT molecular complexity index is 1350. The third-order valence-electron chi connectivity index (χ3n) is 6.63. The second kappa shape index (κ2) is 11.0. The van der Waals surface area contributed by atoms with Gasteiger partial charge in [-0.15, -0.1) is 0 Å². The quantitative estimate of drug-likeness (QED) is 0.433. The Labute approximate surface area is 226 Å². The number of hydrogen-bond donors (Lipinski definition) is 2. The first kappa shape index (κ1) is 25.4. The van der Waals surface area contributed by atoms with Gasteiger partial charge in [0.15, 0.2) is 0 Å². The molecule has 1 atom stereocenters. The molecule has 7 nitrogen and oxygen atoms in total. The van der Waals surface area contributed by atoms with Gasteiger partial charge in [0.05, 0.1) is 28.7 Å². The van der Waals surface area contributed by atoms with E-state index < -0.39 is 5.92 Å². The van der Waals surface area contributed by atoms with E-state index in [-0.39, 0.29) is 11.8 Å². The predicted molar refractivity (Wildman–Crippen MR) is 149 cm³/mol. The fraction of sp³-hybridized carbons (Fsp3) is 0.250. The summed E-state index contributed by atoms with van der Waals surface area (Å²) in [5.74, 6) is -0.874. The van der Waals surface area contributed by atoms with E-state index in [2.05, 4.69) is 27.5 Å². The van der Waals surface area contributed by atoms with Crippen molar-refractivity contribution in [3.05, 3.63) is 87.9 Å². The van der Waals surface area contributed by atoms with Gasteiger partial charge in [0, 0.05) is 36.9 Å². The van der Waals surface area contributed by atoms with Crippen molar-refractivity contribution in [1.29, 1.82) is 0 Å². The first-order valence-electron chi connectivity index (χ1n) is 12.1. The Morgan fingerprint density at radius 2 is 1.78 bits per heavy atom. The molecule has 0 radical (unpaired) electrons. The molecule has 2 N–H and O–H groups in total. The molecule has 190 valence electrons. The van der Waals surface area contributed by atoms with Crippen LogP contribution in [0.15, 0.2) is 71.7 Å². The van der Waals surface area contributed by atoms with Crippen LogP contribution in [-0.2, 0) is 9.59 Å². The van der Waals surface area contributed by atoms with Crippen molar-refractivity contribution >= 4 is 57.8 Å². The molecule has 0 aromatic heterocycles. The second-order valence-corrected chi connectivity index (χ2v) is 10.2. The van der Waals surface area contributed by atoms with Crippen molar-refractivity contribution in [2.75, 3.05) is 50.4 Å². The molecule has 0 saturated carbocycles. The summed E-state index contributed by atoms with van der Waals surface area (Å²) in [6.07, 6.45) is 0. The molecule has 1 fully saturated rings. The molecule has 0 bridgehead atoms. The maximum absolute atomic E-state index is 13.1. The molecule has 3 aromatic carbocycles. The van der Waals surface area contributed by atoms with Gasteiger partial charge in [0.25, 0.3) is 0 Å². The summed E-state index contributed by atoms with van der Waals surface area (Å²) in [7, 11) is 2.08. The van der Waals surface area contributed by atoms with Gasteiger partial charge in [-0.05, 0) is 48.5 Å². The van der Waals surface area contributed by atoms with Gasteiger partial charge in [-0.1, -0.05) is 59.6 Å². The van der Waals surface area contributed by atoms with Crippen LogP contribution in [0.2, 0.25) is 10.0 Å². The first-order valence-corrected chi connectivity index (χ1v) is 12.9. The number of carbonyl (C=O) groups excluding carboxylic acids is 2. The second-order valence-electron chi connectivity index (χ2n) is 9.31. The molecule has 0 spiro atoms. The van der Waals surface area contributed by atoms with E-state index in [0.29, 0.717) is 39.4 Å². The fourth-order valence-corrected chi connectivity index (χ4v) is 5.02. The van der Waals surface area contributed by atoms with Crippen LogP contribution in [0.3, 0.4) is 0 Å².